The quantitative estimate of drug-likeness (QED) is 0.846. The minimum Gasteiger partial charge on any atom is -0.457 e. The van der Waals surface area contributed by atoms with Crippen LogP contribution in [0.3, 0.4) is 0 Å². The van der Waals surface area contributed by atoms with Crippen molar-refractivity contribution in [2.24, 2.45) is 0 Å². The number of rotatable bonds is 4. The second-order valence-corrected chi connectivity index (χ2v) is 4.87. The highest BCUT2D eigenvalue weighted by atomic mass is 35.5. The minimum atomic E-state index is -1.22. The van der Waals surface area contributed by atoms with Crippen LogP contribution < -0.4 is 4.74 Å². The third kappa shape index (κ3) is 3.14. The molecule has 0 aromatic heterocycles. The Morgan fingerprint density at radius 3 is 2.05 bits per heavy atom. The van der Waals surface area contributed by atoms with Crippen LogP contribution in [0.15, 0.2) is 48.5 Å². The van der Waals surface area contributed by atoms with Crippen LogP contribution in [0.25, 0.3) is 0 Å². The van der Waals surface area contributed by atoms with Gasteiger partial charge in [-0.25, -0.2) is 0 Å². The molecular weight excluding hydrogens is 272 g/mol. The average Bonchev–Trinajstić information content (AvgIpc) is 2.49. The van der Waals surface area contributed by atoms with Crippen LogP contribution in [-0.2, 0) is 5.60 Å². The maximum Gasteiger partial charge on any atom is 0.150 e. The van der Waals surface area contributed by atoms with Crippen LogP contribution in [0.4, 0.5) is 0 Å². The molecule has 0 bridgehead atoms. The van der Waals surface area contributed by atoms with Gasteiger partial charge in [-0.15, -0.1) is 6.42 Å². The van der Waals surface area contributed by atoms with Crippen molar-refractivity contribution in [1.29, 1.82) is 0 Å². The van der Waals surface area contributed by atoms with Crippen LogP contribution in [0.2, 0.25) is 5.02 Å². The van der Waals surface area contributed by atoms with E-state index in [1.54, 1.807) is 48.5 Å². The molecule has 2 aromatic rings. The Kier molecular flexibility index (Phi) is 4.34. The number of benzene rings is 2. The van der Waals surface area contributed by atoms with Crippen LogP contribution in [0.5, 0.6) is 11.5 Å². The summed E-state index contributed by atoms with van der Waals surface area (Å²) < 4.78 is 5.68. The second kappa shape index (κ2) is 6.00. The molecule has 1 unspecified atom stereocenters. The van der Waals surface area contributed by atoms with E-state index in [4.69, 9.17) is 22.8 Å². The Morgan fingerprint density at radius 2 is 1.60 bits per heavy atom. The van der Waals surface area contributed by atoms with Gasteiger partial charge in [0, 0.05) is 5.02 Å². The van der Waals surface area contributed by atoms with Gasteiger partial charge in [0.05, 0.1) is 0 Å². The lowest BCUT2D eigenvalue weighted by atomic mass is 9.92. The molecule has 3 heteroatoms. The lowest BCUT2D eigenvalue weighted by molar-refractivity contribution is 0.0961. The van der Waals surface area contributed by atoms with Gasteiger partial charge in [0.25, 0.3) is 0 Å². The molecule has 0 fully saturated rings. The predicted molar refractivity (Wildman–Crippen MR) is 81.0 cm³/mol. The number of hydrogen-bond donors (Lipinski definition) is 1. The first-order valence-electron chi connectivity index (χ1n) is 6.31. The topological polar surface area (TPSA) is 29.5 Å². The maximum absolute atomic E-state index is 10.2. The lowest BCUT2D eigenvalue weighted by Gasteiger charge is -2.20. The molecule has 0 amide bonds. The molecule has 0 aliphatic rings. The van der Waals surface area contributed by atoms with Crippen LogP contribution >= 0.6 is 11.6 Å². The van der Waals surface area contributed by atoms with E-state index in [2.05, 4.69) is 5.92 Å². The average molecular weight is 287 g/mol. The summed E-state index contributed by atoms with van der Waals surface area (Å²) in [6.45, 7) is 1.85. The Bertz CT molecular complexity index is 611. The molecule has 0 aliphatic heterocycles. The molecule has 0 saturated carbocycles. The smallest absolute Gasteiger partial charge is 0.150 e. The first-order chi connectivity index (χ1) is 9.57. The van der Waals surface area contributed by atoms with Crippen molar-refractivity contribution < 1.29 is 9.84 Å². The highest BCUT2D eigenvalue weighted by Gasteiger charge is 2.23. The molecule has 2 aromatic carbocycles. The molecule has 0 heterocycles. The molecule has 1 atom stereocenters. The first-order valence-corrected chi connectivity index (χ1v) is 6.69. The van der Waals surface area contributed by atoms with E-state index in [1.165, 1.54) is 0 Å². The summed E-state index contributed by atoms with van der Waals surface area (Å²) in [7, 11) is 0. The van der Waals surface area contributed by atoms with Crippen molar-refractivity contribution in [3.63, 3.8) is 0 Å². The van der Waals surface area contributed by atoms with Gasteiger partial charge < -0.3 is 9.84 Å². The normalized spacial score (nSPS) is 13.3. The molecule has 0 aliphatic carbocycles. The fraction of sp³-hybridized carbons (Fsp3) is 0.176. The molecule has 2 nitrogen and oxygen atoms in total. The van der Waals surface area contributed by atoms with Gasteiger partial charge in [-0.1, -0.05) is 36.6 Å². The molecule has 20 heavy (non-hydrogen) atoms. The Labute approximate surface area is 124 Å². The van der Waals surface area contributed by atoms with Crippen LogP contribution in [-0.4, -0.2) is 5.11 Å². The molecule has 0 spiro atoms. The van der Waals surface area contributed by atoms with Gasteiger partial charge in [-0.2, -0.15) is 0 Å². The van der Waals surface area contributed by atoms with Gasteiger partial charge in [-0.3, -0.25) is 0 Å². The number of terminal acetylenes is 1. The largest absolute Gasteiger partial charge is 0.457 e. The SMILES string of the molecule is C#CC(O)(CC)c1ccc(Oc2ccc(Cl)cc2)cc1. The van der Waals surface area contributed by atoms with E-state index in [-0.39, 0.29) is 0 Å². The number of ether oxygens (including phenoxy) is 1. The molecular formula is C17H15ClO2. The van der Waals surface area contributed by atoms with Crippen molar-refractivity contribution in [2.45, 2.75) is 18.9 Å². The minimum absolute atomic E-state index is 0.459. The van der Waals surface area contributed by atoms with Crippen molar-refractivity contribution in [3.05, 3.63) is 59.1 Å². The standard InChI is InChI=1S/C17H15ClO2/c1-3-17(19,4-2)13-5-9-15(10-6-13)20-16-11-7-14(18)8-12-16/h1,5-12,19H,4H2,2H3. The van der Waals surface area contributed by atoms with Crippen molar-refractivity contribution >= 4 is 11.6 Å². The number of halogens is 1. The summed E-state index contributed by atoms with van der Waals surface area (Å²) >= 11 is 5.82. The lowest BCUT2D eigenvalue weighted by Crippen LogP contribution is -2.21. The molecule has 0 saturated heterocycles. The number of aliphatic hydroxyl groups is 1. The van der Waals surface area contributed by atoms with Gasteiger partial charge in [0.1, 0.15) is 17.1 Å². The molecule has 0 radical (unpaired) electrons. The zero-order valence-corrected chi connectivity index (χ0v) is 11.9. The highest BCUT2D eigenvalue weighted by Crippen LogP contribution is 2.28. The van der Waals surface area contributed by atoms with E-state index in [0.717, 1.165) is 0 Å². The van der Waals surface area contributed by atoms with E-state index < -0.39 is 5.60 Å². The first kappa shape index (κ1) is 14.5. The highest BCUT2D eigenvalue weighted by molar-refractivity contribution is 6.30. The predicted octanol–water partition coefficient (Wildman–Crippen LogP) is 4.36. The van der Waals surface area contributed by atoms with Gasteiger partial charge in [-0.05, 0) is 48.4 Å². The fourth-order valence-corrected chi connectivity index (χ4v) is 1.95. The second-order valence-electron chi connectivity index (χ2n) is 4.44. The monoisotopic (exact) mass is 286 g/mol. The van der Waals surface area contributed by atoms with Crippen LogP contribution in [0, 0.1) is 12.3 Å². The summed E-state index contributed by atoms with van der Waals surface area (Å²) in [5.74, 6) is 3.79. The fourth-order valence-electron chi connectivity index (χ4n) is 1.83. The van der Waals surface area contributed by atoms with Gasteiger partial charge >= 0.3 is 0 Å². The number of hydrogen-bond acceptors (Lipinski definition) is 2. The molecule has 2 rings (SSSR count). The van der Waals surface area contributed by atoms with Crippen molar-refractivity contribution in [2.75, 3.05) is 0 Å². The summed E-state index contributed by atoms with van der Waals surface area (Å²) in [5.41, 5.74) is -0.537. The Balaban J connectivity index is 2.17. The van der Waals surface area contributed by atoms with Crippen molar-refractivity contribution in [1.82, 2.24) is 0 Å². The van der Waals surface area contributed by atoms with Crippen LogP contribution in [0.1, 0.15) is 18.9 Å². The van der Waals surface area contributed by atoms with Crippen molar-refractivity contribution in [3.8, 4) is 23.8 Å². The summed E-state index contributed by atoms with van der Waals surface area (Å²) in [6.07, 6.45) is 5.84. The zero-order chi connectivity index (χ0) is 14.6. The third-order valence-electron chi connectivity index (χ3n) is 3.13. The summed E-state index contributed by atoms with van der Waals surface area (Å²) in [6, 6.07) is 14.2. The van der Waals surface area contributed by atoms with E-state index in [1.807, 2.05) is 6.92 Å². The van der Waals surface area contributed by atoms with E-state index in [9.17, 15) is 5.11 Å². The summed E-state index contributed by atoms with van der Waals surface area (Å²) in [5, 5.41) is 10.9. The van der Waals surface area contributed by atoms with E-state index >= 15 is 0 Å². The third-order valence-corrected chi connectivity index (χ3v) is 3.38. The zero-order valence-electron chi connectivity index (χ0n) is 11.1. The Hall–Kier alpha value is -1.95. The Morgan fingerprint density at radius 1 is 1.10 bits per heavy atom. The van der Waals surface area contributed by atoms with Gasteiger partial charge in [0.15, 0.2) is 0 Å². The molecule has 102 valence electrons. The van der Waals surface area contributed by atoms with Gasteiger partial charge in [0.2, 0.25) is 0 Å². The van der Waals surface area contributed by atoms with E-state index in [0.29, 0.717) is 28.5 Å². The maximum atomic E-state index is 10.2. The molecule has 1 N–H and O–H groups in total. The summed E-state index contributed by atoms with van der Waals surface area (Å²) in [4.78, 5) is 0.